The van der Waals surface area contributed by atoms with Crippen LogP contribution in [0.4, 0.5) is 5.69 Å². The van der Waals surface area contributed by atoms with Crippen LogP contribution in [0.25, 0.3) is 0 Å². The molecule has 2 N–H and O–H groups in total. The molecule has 1 fully saturated rings. The predicted molar refractivity (Wildman–Crippen MR) is 78.6 cm³/mol. The first-order valence-corrected chi connectivity index (χ1v) is 7.51. The Morgan fingerprint density at radius 2 is 2.21 bits per heavy atom. The normalized spacial score (nSPS) is 24.9. The Kier molecular flexibility index (Phi) is 3.76. The summed E-state index contributed by atoms with van der Waals surface area (Å²) in [5, 5.41) is 14.0. The number of hydrogen-bond acceptors (Lipinski definition) is 3. The highest BCUT2D eigenvalue weighted by Gasteiger charge is 2.24. The third-order valence-electron chi connectivity index (χ3n) is 4.53. The number of benzene rings is 1. The van der Waals surface area contributed by atoms with Crippen molar-refractivity contribution in [3.05, 3.63) is 29.3 Å². The van der Waals surface area contributed by atoms with Gasteiger partial charge < -0.3 is 15.3 Å². The van der Waals surface area contributed by atoms with Gasteiger partial charge in [-0.25, -0.2) is 0 Å². The van der Waals surface area contributed by atoms with Gasteiger partial charge >= 0.3 is 0 Å². The number of nitrogens with zero attached hydrogens (tertiary/aromatic N) is 1. The maximum Gasteiger partial charge on any atom is 0.0943 e. The summed E-state index contributed by atoms with van der Waals surface area (Å²) in [6.07, 6.45) is 5.53. The molecule has 1 aromatic rings. The van der Waals surface area contributed by atoms with Gasteiger partial charge in [-0.15, -0.1) is 0 Å². The summed E-state index contributed by atoms with van der Waals surface area (Å²) in [5.74, 6) is 0. The first-order chi connectivity index (χ1) is 9.25. The van der Waals surface area contributed by atoms with Crippen LogP contribution in [0, 0.1) is 0 Å². The van der Waals surface area contributed by atoms with E-state index in [1.807, 2.05) is 0 Å². The van der Waals surface area contributed by atoms with Crippen LogP contribution < -0.4 is 10.2 Å². The summed E-state index contributed by atoms with van der Waals surface area (Å²) < 4.78 is 0. The van der Waals surface area contributed by atoms with Gasteiger partial charge in [-0.05, 0) is 49.4 Å². The highest BCUT2D eigenvalue weighted by atomic mass is 16.3. The number of aryl methyl sites for hydroxylation is 1. The molecular weight excluding hydrogens is 236 g/mol. The minimum absolute atomic E-state index is 0.230. The number of rotatable bonds is 2. The molecule has 0 bridgehead atoms. The highest BCUT2D eigenvalue weighted by Crippen LogP contribution is 2.30. The quantitative estimate of drug-likeness (QED) is 0.856. The maximum absolute atomic E-state index is 10.5. The van der Waals surface area contributed by atoms with Crippen molar-refractivity contribution in [2.75, 3.05) is 25.0 Å². The standard InChI is InChI=1S/C16H24N2O/c1-18-10-4-5-12-11-13(7-8-15(12)18)16(19)14-6-2-3-9-17-14/h7-8,11,14,16-17,19H,2-6,9-10H2,1H3. The van der Waals surface area contributed by atoms with Gasteiger partial charge in [0.15, 0.2) is 0 Å². The molecule has 3 nitrogen and oxygen atoms in total. The molecule has 0 spiro atoms. The first kappa shape index (κ1) is 12.9. The fraction of sp³-hybridized carbons (Fsp3) is 0.625. The lowest BCUT2D eigenvalue weighted by atomic mass is 9.92. The molecular formula is C16H24N2O. The minimum atomic E-state index is -0.363. The van der Waals surface area contributed by atoms with Gasteiger partial charge in [0.25, 0.3) is 0 Å². The molecule has 0 aromatic heterocycles. The van der Waals surface area contributed by atoms with Crippen molar-refractivity contribution in [3.63, 3.8) is 0 Å². The van der Waals surface area contributed by atoms with Crippen LogP contribution in [0.5, 0.6) is 0 Å². The second-order valence-electron chi connectivity index (χ2n) is 5.91. The van der Waals surface area contributed by atoms with E-state index in [4.69, 9.17) is 0 Å². The second-order valence-corrected chi connectivity index (χ2v) is 5.91. The van der Waals surface area contributed by atoms with Crippen molar-refractivity contribution in [1.82, 2.24) is 5.32 Å². The molecule has 19 heavy (non-hydrogen) atoms. The zero-order valence-electron chi connectivity index (χ0n) is 11.7. The van der Waals surface area contributed by atoms with Crippen LogP contribution in [0.2, 0.25) is 0 Å². The lowest BCUT2D eigenvalue weighted by molar-refractivity contribution is 0.114. The first-order valence-electron chi connectivity index (χ1n) is 7.51. The van der Waals surface area contributed by atoms with Crippen LogP contribution in [0.15, 0.2) is 18.2 Å². The van der Waals surface area contributed by atoms with Crippen LogP contribution in [-0.2, 0) is 6.42 Å². The van der Waals surface area contributed by atoms with Gasteiger partial charge in [-0.3, -0.25) is 0 Å². The molecule has 3 heteroatoms. The zero-order valence-corrected chi connectivity index (χ0v) is 11.7. The molecule has 2 aliphatic heterocycles. The van der Waals surface area contributed by atoms with Crippen LogP contribution >= 0.6 is 0 Å². The van der Waals surface area contributed by atoms with E-state index < -0.39 is 0 Å². The number of hydrogen-bond donors (Lipinski definition) is 2. The molecule has 1 aromatic carbocycles. The topological polar surface area (TPSA) is 35.5 Å². The molecule has 0 aliphatic carbocycles. The van der Waals surface area contributed by atoms with Crippen molar-refractivity contribution in [2.24, 2.45) is 0 Å². The molecule has 104 valence electrons. The summed E-state index contributed by atoms with van der Waals surface area (Å²) in [6.45, 7) is 2.18. The Balaban J connectivity index is 1.81. The number of fused-ring (bicyclic) bond motifs is 1. The number of aliphatic hydroxyl groups excluding tert-OH is 1. The Morgan fingerprint density at radius 3 is 3.00 bits per heavy atom. The molecule has 2 aliphatic rings. The number of anilines is 1. The molecule has 1 saturated heterocycles. The van der Waals surface area contributed by atoms with E-state index >= 15 is 0 Å². The fourth-order valence-corrected chi connectivity index (χ4v) is 3.37. The monoisotopic (exact) mass is 260 g/mol. The van der Waals surface area contributed by atoms with E-state index in [0.29, 0.717) is 0 Å². The van der Waals surface area contributed by atoms with E-state index in [2.05, 4.69) is 35.5 Å². The summed E-state index contributed by atoms with van der Waals surface area (Å²) >= 11 is 0. The van der Waals surface area contributed by atoms with E-state index in [-0.39, 0.29) is 12.1 Å². The van der Waals surface area contributed by atoms with E-state index in [9.17, 15) is 5.11 Å². The number of aliphatic hydroxyl groups is 1. The van der Waals surface area contributed by atoms with Crippen molar-refractivity contribution in [3.8, 4) is 0 Å². The van der Waals surface area contributed by atoms with Gasteiger partial charge in [-0.1, -0.05) is 18.6 Å². The zero-order chi connectivity index (χ0) is 13.2. The lowest BCUT2D eigenvalue weighted by Crippen LogP contribution is -2.38. The van der Waals surface area contributed by atoms with E-state index in [1.165, 1.54) is 30.5 Å². The summed E-state index contributed by atoms with van der Waals surface area (Å²) in [4.78, 5) is 2.31. The summed E-state index contributed by atoms with van der Waals surface area (Å²) in [5.41, 5.74) is 3.80. The van der Waals surface area contributed by atoms with Gasteiger partial charge in [0.05, 0.1) is 6.10 Å². The van der Waals surface area contributed by atoms with E-state index in [1.54, 1.807) is 0 Å². The molecule has 0 radical (unpaired) electrons. The molecule has 0 amide bonds. The predicted octanol–water partition coefficient (Wildman–Crippen LogP) is 2.24. The summed E-state index contributed by atoms with van der Waals surface area (Å²) in [6, 6.07) is 6.72. The Bertz CT molecular complexity index is 440. The SMILES string of the molecule is CN1CCCc2cc(C(O)C3CCCCN3)ccc21. The van der Waals surface area contributed by atoms with Crippen LogP contribution in [0.3, 0.4) is 0 Å². The average molecular weight is 260 g/mol. The molecule has 2 unspecified atom stereocenters. The summed E-state index contributed by atoms with van der Waals surface area (Å²) in [7, 11) is 2.15. The third kappa shape index (κ3) is 2.63. The van der Waals surface area contributed by atoms with Crippen LogP contribution in [0.1, 0.15) is 42.9 Å². The number of nitrogens with one attached hydrogen (secondary N) is 1. The van der Waals surface area contributed by atoms with Crippen molar-refractivity contribution in [1.29, 1.82) is 0 Å². The van der Waals surface area contributed by atoms with Crippen LogP contribution in [-0.4, -0.2) is 31.3 Å². The maximum atomic E-state index is 10.5. The average Bonchev–Trinajstić information content (AvgIpc) is 2.47. The Labute approximate surface area is 115 Å². The van der Waals surface area contributed by atoms with Gasteiger partial charge in [-0.2, -0.15) is 0 Å². The van der Waals surface area contributed by atoms with E-state index in [0.717, 1.165) is 31.5 Å². The van der Waals surface area contributed by atoms with Crippen molar-refractivity contribution >= 4 is 5.69 Å². The number of piperidine rings is 1. The van der Waals surface area contributed by atoms with Gasteiger partial charge in [0.1, 0.15) is 0 Å². The fourth-order valence-electron chi connectivity index (χ4n) is 3.37. The van der Waals surface area contributed by atoms with Gasteiger partial charge in [0, 0.05) is 25.3 Å². The molecule has 3 rings (SSSR count). The van der Waals surface area contributed by atoms with Gasteiger partial charge in [0.2, 0.25) is 0 Å². The largest absolute Gasteiger partial charge is 0.387 e. The molecule has 2 heterocycles. The molecule has 0 saturated carbocycles. The van der Waals surface area contributed by atoms with Crippen molar-refractivity contribution < 1.29 is 5.11 Å². The second kappa shape index (κ2) is 5.51. The lowest BCUT2D eigenvalue weighted by Gasteiger charge is -2.31. The third-order valence-corrected chi connectivity index (χ3v) is 4.53. The van der Waals surface area contributed by atoms with Crippen molar-refractivity contribution in [2.45, 2.75) is 44.2 Å². The molecule has 2 atom stereocenters. The highest BCUT2D eigenvalue weighted by molar-refractivity contribution is 5.56. The Morgan fingerprint density at radius 1 is 1.32 bits per heavy atom. The smallest absolute Gasteiger partial charge is 0.0943 e. The minimum Gasteiger partial charge on any atom is -0.387 e. The Hall–Kier alpha value is -1.06.